The average molecular weight is 437 g/mol. The quantitative estimate of drug-likeness (QED) is 0.444. The Morgan fingerprint density at radius 2 is 1.62 bits per heavy atom. The van der Waals surface area contributed by atoms with Crippen molar-refractivity contribution < 1.29 is 20.9 Å². The fraction of sp³-hybridized carbons (Fsp3) is 0.333. The van der Waals surface area contributed by atoms with Crippen molar-refractivity contribution >= 4 is 9.19 Å². The molecule has 0 fully saturated rings. The van der Waals surface area contributed by atoms with Crippen molar-refractivity contribution in [3.8, 4) is 11.1 Å². The minimum absolute atomic E-state index is 0.362. The van der Waals surface area contributed by atoms with E-state index in [-0.39, 0.29) is 0 Å². The van der Waals surface area contributed by atoms with Gasteiger partial charge in [0.1, 0.15) is 0 Å². The second kappa shape index (κ2) is 6.57. The van der Waals surface area contributed by atoms with Crippen LogP contribution in [0.3, 0.4) is 0 Å². The third-order valence-electron chi connectivity index (χ3n) is 6.72. The monoisotopic (exact) mass is 435 g/mol. The van der Waals surface area contributed by atoms with Gasteiger partial charge in [0.25, 0.3) is 0 Å². The molecule has 0 amide bonds. The summed E-state index contributed by atoms with van der Waals surface area (Å²) in [4.78, 5) is 0. The molecule has 0 radical (unpaired) electrons. The fourth-order valence-corrected chi connectivity index (χ4v) is 29.6. The van der Waals surface area contributed by atoms with Crippen LogP contribution in [0.1, 0.15) is 38.8 Å². The zero-order valence-electron chi connectivity index (χ0n) is 16.9. The molecule has 0 bridgehead atoms. The standard InChI is InChI=1S/C13H9.C9H13.C2H7Si.Zr/c1-3-7-12-10(5-1)9-11-6-2-4-8-13(11)12;1-6-5-7(2)9(4)8(6)3;1-3-2;/h1-5,7-8H,9H2;5H,1-4H3;3H,1-2H3;. The van der Waals surface area contributed by atoms with Crippen LogP contribution in [0.25, 0.3) is 11.1 Å². The molecular weight excluding hydrogens is 408 g/mol. The summed E-state index contributed by atoms with van der Waals surface area (Å²) in [7, 11) is 0. The number of rotatable bonds is 3. The molecule has 2 aromatic rings. The van der Waals surface area contributed by atoms with Gasteiger partial charge in [0.2, 0.25) is 0 Å². The Hall–Kier alpha value is -0.980. The molecule has 0 saturated heterocycles. The minimum atomic E-state index is -1.88. The van der Waals surface area contributed by atoms with Gasteiger partial charge in [-0.15, -0.1) is 0 Å². The molecule has 0 saturated carbocycles. The predicted octanol–water partition coefficient (Wildman–Crippen LogP) is 5.96. The molecule has 26 heavy (non-hydrogen) atoms. The maximum absolute atomic E-state index is 2.65. The zero-order chi connectivity index (χ0) is 18.6. The third-order valence-corrected chi connectivity index (χ3v) is 28.4. The fourth-order valence-electron chi connectivity index (χ4n) is 5.21. The number of allylic oxidation sites excluding steroid dienone is 4. The summed E-state index contributed by atoms with van der Waals surface area (Å²) in [6.45, 7) is 14.9. The Balaban J connectivity index is 1.90. The van der Waals surface area contributed by atoms with Crippen LogP contribution in [0.15, 0.2) is 65.3 Å². The van der Waals surface area contributed by atoms with E-state index in [2.05, 4.69) is 89.3 Å². The van der Waals surface area contributed by atoms with Gasteiger partial charge in [0, 0.05) is 0 Å². The van der Waals surface area contributed by atoms with Crippen molar-refractivity contribution in [2.24, 2.45) is 0 Å². The molecule has 0 aromatic heterocycles. The third kappa shape index (κ3) is 2.64. The normalized spacial score (nSPS) is 21.1. The summed E-state index contributed by atoms with van der Waals surface area (Å²) in [6, 6.07) is 16.2. The van der Waals surface area contributed by atoms with Crippen LogP contribution in [0.2, 0.25) is 16.2 Å². The van der Waals surface area contributed by atoms with Crippen LogP contribution in [0, 0.1) is 0 Å². The molecule has 2 aliphatic carbocycles. The van der Waals surface area contributed by atoms with Crippen LogP contribution >= 0.6 is 0 Å². The summed E-state index contributed by atoms with van der Waals surface area (Å²) < 4.78 is 2.17. The molecule has 0 heterocycles. The van der Waals surface area contributed by atoms with E-state index in [0.717, 1.165) is 6.42 Å². The SMILES string of the molecule is CC1=C[C](C)([Zr]([c]2cccc3c2Cc2ccccc2-3)[SiH](C)C)C(C)=C1C. The summed E-state index contributed by atoms with van der Waals surface area (Å²) in [5.41, 5.74) is 10.9. The second-order valence-corrected chi connectivity index (χ2v) is 28.7. The van der Waals surface area contributed by atoms with E-state index in [0.29, 0.717) is 3.12 Å². The number of hydrogen-bond donors (Lipinski definition) is 0. The molecule has 4 rings (SSSR count). The molecule has 2 aromatic carbocycles. The van der Waals surface area contributed by atoms with Crippen LogP contribution in [-0.4, -0.2) is 5.92 Å². The van der Waals surface area contributed by atoms with Crippen molar-refractivity contribution in [1.82, 2.24) is 0 Å². The van der Waals surface area contributed by atoms with Gasteiger partial charge in [-0.05, 0) is 0 Å². The van der Waals surface area contributed by atoms with Crippen LogP contribution in [0.4, 0.5) is 0 Å². The molecule has 2 heteroatoms. The van der Waals surface area contributed by atoms with Crippen LogP contribution < -0.4 is 3.27 Å². The van der Waals surface area contributed by atoms with E-state index in [1.165, 1.54) is 22.3 Å². The summed E-state index contributed by atoms with van der Waals surface area (Å²) in [6.07, 6.45) is 3.80. The first-order valence-corrected chi connectivity index (χ1v) is 19.4. The molecular formula is C24H29SiZr. The molecule has 0 spiro atoms. The summed E-state index contributed by atoms with van der Waals surface area (Å²) >= 11 is -1.88. The average Bonchev–Trinajstić information content (AvgIpc) is 3.07. The molecule has 1 atom stereocenters. The molecule has 0 aliphatic heterocycles. The summed E-state index contributed by atoms with van der Waals surface area (Å²) in [5.74, 6) is -0.740. The van der Waals surface area contributed by atoms with E-state index in [4.69, 9.17) is 0 Å². The second-order valence-electron chi connectivity index (χ2n) is 8.51. The summed E-state index contributed by atoms with van der Waals surface area (Å²) in [5, 5.41) is 0. The zero-order valence-corrected chi connectivity index (χ0v) is 20.5. The number of hydrogen-bond acceptors (Lipinski definition) is 0. The van der Waals surface area contributed by atoms with E-state index >= 15 is 0 Å². The topological polar surface area (TPSA) is 0 Å². The van der Waals surface area contributed by atoms with Gasteiger partial charge in [0.15, 0.2) is 0 Å². The number of fused-ring (bicyclic) bond motifs is 3. The van der Waals surface area contributed by atoms with Gasteiger partial charge >= 0.3 is 168 Å². The number of benzene rings is 2. The Bertz CT molecular complexity index is 950. The Morgan fingerprint density at radius 3 is 2.27 bits per heavy atom. The Morgan fingerprint density at radius 1 is 0.923 bits per heavy atom. The first kappa shape index (κ1) is 18.4. The van der Waals surface area contributed by atoms with E-state index < -0.39 is 26.8 Å². The molecule has 0 N–H and O–H groups in total. The van der Waals surface area contributed by atoms with E-state index in [1.807, 2.05) is 3.27 Å². The van der Waals surface area contributed by atoms with Gasteiger partial charge in [-0.2, -0.15) is 0 Å². The van der Waals surface area contributed by atoms with E-state index in [9.17, 15) is 0 Å². The molecule has 2 aliphatic rings. The van der Waals surface area contributed by atoms with Gasteiger partial charge < -0.3 is 0 Å². The van der Waals surface area contributed by atoms with Gasteiger partial charge in [-0.3, -0.25) is 0 Å². The Kier molecular flexibility index (Phi) is 4.65. The first-order valence-electron chi connectivity index (χ1n) is 9.80. The van der Waals surface area contributed by atoms with Gasteiger partial charge in [0.05, 0.1) is 0 Å². The molecule has 0 nitrogen and oxygen atoms in total. The van der Waals surface area contributed by atoms with Crippen molar-refractivity contribution in [2.45, 2.75) is 50.3 Å². The molecule has 1 unspecified atom stereocenters. The van der Waals surface area contributed by atoms with Crippen LogP contribution in [-0.2, 0) is 27.3 Å². The van der Waals surface area contributed by atoms with Crippen molar-refractivity contribution in [1.29, 1.82) is 0 Å². The van der Waals surface area contributed by atoms with Crippen molar-refractivity contribution in [3.63, 3.8) is 0 Å². The Labute approximate surface area is 167 Å². The van der Waals surface area contributed by atoms with Crippen LogP contribution in [0.5, 0.6) is 0 Å². The van der Waals surface area contributed by atoms with Gasteiger partial charge in [-0.1, -0.05) is 0 Å². The van der Waals surface area contributed by atoms with Crippen molar-refractivity contribution in [2.75, 3.05) is 0 Å². The molecule has 133 valence electrons. The van der Waals surface area contributed by atoms with Gasteiger partial charge in [-0.25, -0.2) is 0 Å². The van der Waals surface area contributed by atoms with E-state index in [1.54, 1.807) is 16.7 Å². The maximum atomic E-state index is 2.65. The predicted molar refractivity (Wildman–Crippen MR) is 114 cm³/mol. The first-order chi connectivity index (χ1) is 12.3. The van der Waals surface area contributed by atoms with Crippen molar-refractivity contribution in [3.05, 3.63) is 76.4 Å².